The van der Waals surface area contributed by atoms with Gasteiger partial charge in [-0.1, -0.05) is 0 Å². The van der Waals surface area contributed by atoms with E-state index in [0.717, 1.165) is 11.3 Å². The molecule has 160 valence electrons. The molecule has 4 rings (SSSR count). The Kier molecular flexibility index (Phi) is 5.32. The minimum atomic E-state index is -0.500. The number of hydrogen-bond donors (Lipinski definition) is 0. The molecule has 1 aliphatic rings. The van der Waals surface area contributed by atoms with Gasteiger partial charge in [0.1, 0.15) is 15.5 Å². The number of Topliss-reactive ketones (excluding diaryl/α,β-unsaturated/α-hetero) is 1. The molecule has 31 heavy (non-hydrogen) atoms. The molecule has 0 saturated heterocycles. The van der Waals surface area contributed by atoms with E-state index in [4.69, 9.17) is 9.47 Å². The molecule has 0 aliphatic carbocycles. The summed E-state index contributed by atoms with van der Waals surface area (Å²) < 4.78 is 11.6. The lowest BCUT2D eigenvalue weighted by Gasteiger charge is -2.26. The quantitative estimate of drug-likeness (QED) is 0.441. The van der Waals surface area contributed by atoms with E-state index in [1.807, 2.05) is 0 Å². The van der Waals surface area contributed by atoms with Crippen LogP contribution in [0.1, 0.15) is 32.5 Å². The SMILES string of the molecule is CCOC(=O)c1sc2ncn(CC(=O)c3ccc4c(c3)N(C)C(=O)CO4)c(=O)c2c1C. The Balaban J connectivity index is 1.66. The summed E-state index contributed by atoms with van der Waals surface area (Å²) in [6.07, 6.45) is 1.30. The normalized spacial score (nSPS) is 13.1. The lowest BCUT2D eigenvalue weighted by molar-refractivity contribution is -0.121. The Labute approximate surface area is 180 Å². The van der Waals surface area contributed by atoms with Gasteiger partial charge in [-0.05, 0) is 37.6 Å². The van der Waals surface area contributed by atoms with Crippen molar-refractivity contribution < 1.29 is 23.9 Å². The molecule has 0 saturated carbocycles. The first-order chi connectivity index (χ1) is 14.8. The fraction of sp³-hybridized carbons (Fsp3) is 0.286. The highest BCUT2D eigenvalue weighted by atomic mass is 32.1. The van der Waals surface area contributed by atoms with Crippen LogP contribution >= 0.6 is 11.3 Å². The van der Waals surface area contributed by atoms with Gasteiger partial charge >= 0.3 is 5.97 Å². The molecule has 0 atom stereocenters. The highest BCUT2D eigenvalue weighted by Crippen LogP contribution is 2.32. The van der Waals surface area contributed by atoms with Crippen molar-refractivity contribution in [1.29, 1.82) is 0 Å². The van der Waals surface area contributed by atoms with Gasteiger partial charge < -0.3 is 14.4 Å². The number of nitrogens with zero attached hydrogens (tertiary/aromatic N) is 3. The van der Waals surface area contributed by atoms with Crippen LogP contribution in [0.3, 0.4) is 0 Å². The van der Waals surface area contributed by atoms with Crippen molar-refractivity contribution in [2.45, 2.75) is 20.4 Å². The van der Waals surface area contributed by atoms with Crippen molar-refractivity contribution in [2.75, 3.05) is 25.2 Å². The number of amides is 1. The van der Waals surface area contributed by atoms with E-state index < -0.39 is 11.5 Å². The van der Waals surface area contributed by atoms with Gasteiger partial charge in [0, 0.05) is 12.6 Å². The number of hydrogen-bond acceptors (Lipinski definition) is 8. The Hall–Kier alpha value is -3.53. The van der Waals surface area contributed by atoms with Crippen molar-refractivity contribution in [1.82, 2.24) is 9.55 Å². The first-order valence-corrected chi connectivity index (χ1v) is 10.4. The summed E-state index contributed by atoms with van der Waals surface area (Å²) in [5, 5.41) is 0.299. The predicted molar refractivity (Wildman–Crippen MR) is 114 cm³/mol. The Morgan fingerprint density at radius 3 is 2.81 bits per heavy atom. The van der Waals surface area contributed by atoms with Crippen molar-refractivity contribution in [3.8, 4) is 5.75 Å². The highest BCUT2D eigenvalue weighted by Gasteiger charge is 2.24. The summed E-state index contributed by atoms with van der Waals surface area (Å²) in [6.45, 7) is 3.31. The van der Waals surface area contributed by atoms with E-state index in [2.05, 4.69) is 4.98 Å². The third-order valence-electron chi connectivity index (χ3n) is 5.06. The van der Waals surface area contributed by atoms with E-state index >= 15 is 0 Å². The van der Waals surface area contributed by atoms with Gasteiger partial charge in [0.2, 0.25) is 0 Å². The molecule has 0 unspecified atom stereocenters. The summed E-state index contributed by atoms with van der Waals surface area (Å²) >= 11 is 1.09. The maximum atomic E-state index is 13.0. The monoisotopic (exact) mass is 441 g/mol. The van der Waals surface area contributed by atoms with Crippen LogP contribution in [0.4, 0.5) is 5.69 Å². The van der Waals surface area contributed by atoms with Gasteiger partial charge in [-0.15, -0.1) is 11.3 Å². The molecule has 1 aromatic carbocycles. The Morgan fingerprint density at radius 1 is 1.29 bits per heavy atom. The van der Waals surface area contributed by atoms with Crippen LogP contribution in [0.2, 0.25) is 0 Å². The molecule has 3 aromatic rings. The van der Waals surface area contributed by atoms with Gasteiger partial charge in [-0.2, -0.15) is 0 Å². The Morgan fingerprint density at radius 2 is 2.06 bits per heavy atom. The van der Waals surface area contributed by atoms with Gasteiger partial charge in [0.25, 0.3) is 11.5 Å². The number of aryl methyl sites for hydroxylation is 1. The van der Waals surface area contributed by atoms with Crippen molar-refractivity contribution in [2.24, 2.45) is 0 Å². The van der Waals surface area contributed by atoms with Crippen molar-refractivity contribution in [3.05, 3.63) is 50.9 Å². The van der Waals surface area contributed by atoms with Crippen LogP contribution < -0.4 is 15.2 Å². The third-order valence-corrected chi connectivity index (χ3v) is 6.24. The zero-order valence-corrected chi connectivity index (χ0v) is 17.9. The number of anilines is 1. The van der Waals surface area contributed by atoms with E-state index in [1.165, 1.54) is 15.8 Å². The number of likely N-dealkylation sites (N-methyl/N-ethyl adjacent to an activating group) is 1. The number of carbonyl (C=O) groups is 3. The molecular weight excluding hydrogens is 422 g/mol. The number of carbonyl (C=O) groups excluding carboxylic acids is 3. The molecular formula is C21H19N3O6S. The summed E-state index contributed by atoms with van der Waals surface area (Å²) in [5.41, 5.74) is 0.918. The van der Waals surface area contributed by atoms with Crippen LogP contribution in [0, 0.1) is 6.92 Å². The molecule has 1 aliphatic heterocycles. The highest BCUT2D eigenvalue weighted by molar-refractivity contribution is 7.20. The number of aromatic nitrogens is 2. The van der Waals surface area contributed by atoms with Gasteiger partial charge in [-0.25, -0.2) is 9.78 Å². The molecule has 2 aromatic heterocycles. The molecule has 10 heteroatoms. The van der Waals surface area contributed by atoms with E-state index in [-0.39, 0.29) is 31.4 Å². The average molecular weight is 441 g/mol. The zero-order valence-electron chi connectivity index (χ0n) is 17.1. The Bertz CT molecular complexity index is 1290. The van der Waals surface area contributed by atoms with Crippen LogP contribution in [0.25, 0.3) is 10.2 Å². The van der Waals surface area contributed by atoms with Crippen molar-refractivity contribution >= 4 is 44.9 Å². The number of benzene rings is 1. The maximum absolute atomic E-state index is 13.0. The van der Waals surface area contributed by atoms with Gasteiger partial charge in [-0.3, -0.25) is 19.0 Å². The summed E-state index contributed by atoms with van der Waals surface area (Å²) in [5.74, 6) is -0.524. The van der Waals surface area contributed by atoms with E-state index in [9.17, 15) is 19.2 Å². The standard InChI is InChI=1S/C21H19N3O6S/c1-4-29-21(28)18-11(2)17-19(31-18)22-10-24(20(17)27)8-14(25)12-5-6-15-13(7-12)23(3)16(26)9-30-15/h5-7,10H,4,8-9H2,1-3H3. The smallest absolute Gasteiger partial charge is 0.348 e. The number of thiophene rings is 1. The minimum absolute atomic E-state index is 0.0500. The molecule has 0 fully saturated rings. The summed E-state index contributed by atoms with van der Waals surface area (Å²) in [7, 11) is 1.61. The van der Waals surface area contributed by atoms with Crippen LogP contribution in [-0.2, 0) is 16.1 Å². The summed E-state index contributed by atoms with van der Waals surface area (Å²) in [4.78, 5) is 56.2. The van der Waals surface area contributed by atoms with Crippen LogP contribution in [0.5, 0.6) is 5.75 Å². The predicted octanol–water partition coefficient (Wildman–Crippen LogP) is 2.18. The number of fused-ring (bicyclic) bond motifs is 2. The van der Waals surface area contributed by atoms with E-state index in [0.29, 0.717) is 37.7 Å². The van der Waals surface area contributed by atoms with Crippen LogP contribution in [-0.4, -0.2) is 47.5 Å². The number of esters is 1. The molecule has 0 N–H and O–H groups in total. The fourth-order valence-corrected chi connectivity index (χ4v) is 4.39. The second-order valence-electron chi connectivity index (χ2n) is 6.98. The zero-order chi connectivity index (χ0) is 22.3. The minimum Gasteiger partial charge on any atom is -0.482 e. The number of ketones is 1. The second-order valence-corrected chi connectivity index (χ2v) is 7.98. The maximum Gasteiger partial charge on any atom is 0.348 e. The molecule has 0 radical (unpaired) electrons. The third kappa shape index (κ3) is 3.59. The molecule has 0 spiro atoms. The molecule has 9 nitrogen and oxygen atoms in total. The largest absolute Gasteiger partial charge is 0.482 e. The first kappa shape index (κ1) is 20.7. The van der Waals surface area contributed by atoms with Crippen molar-refractivity contribution in [3.63, 3.8) is 0 Å². The first-order valence-electron chi connectivity index (χ1n) is 9.54. The number of rotatable bonds is 5. The van der Waals surface area contributed by atoms with Crippen LogP contribution in [0.15, 0.2) is 29.3 Å². The summed E-state index contributed by atoms with van der Waals surface area (Å²) in [6, 6.07) is 4.79. The topological polar surface area (TPSA) is 108 Å². The molecule has 0 bridgehead atoms. The lowest BCUT2D eigenvalue weighted by Crippen LogP contribution is -2.35. The molecule has 3 heterocycles. The van der Waals surface area contributed by atoms with E-state index in [1.54, 1.807) is 39.1 Å². The average Bonchev–Trinajstić information content (AvgIpc) is 3.10. The van der Waals surface area contributed by atoms with Gasteiger partial charge in [0.05, 0.1) is 30.6 Å². The van der Waals surface area contributed by atoms with Gasteiger partial charge in [0.15, 0.2) is 12.4 Å². The number of ether oxygens (including phenoxy) is 2. The second kappa shape index (κ2) is 7.95. The lowest BCUT2D eigenvalue weighted by atomic mass is 10.1. The fourth-order valence-electron chi connectivity index (χ4n) is 3.35. The molecule has 1 amide bonds.